The minimum atomic E-state index is -0.803. The molecule has 174 valence electrons. The Kier molecular flexibility index (Phi) is 6.41. The van der Waals surface area contributed by atoms with Gasteiger partial charge in [-0.2, -0.15) is 0 Å². The molecule has 1 atom stereocenters. The monoisotopic (exact) mass is 457 g/mol. The number of aliphatic hydroxyl groups is 1. The number of carbonyl (C=O) groups is 2. The average Bonchev–Trinajstić information content (AvgIpc) is 3.09. The second-order valence-electron chi connectivity index (χ2n) is 8.48. The van der Waals surface area contributed by atoms with Gasteiger partial charge < -0.3 is 14.6 Å². The minimum absolute atomic E-state index is 0.0263. The van der Waals surface area contributed by atoms with Crippen LogP contribution in [-0.2, 0) is 9.59 Å². The van der Waals surface area contributed by atoms with Crippen LogP contribution in [0.1, 0.15) is 36.6 Å². The molecule has 1 aliphatic rings. The zero-order valence-corrected chi connectivity index (χ0v) is 19.6. The Balaban J connectivity index is 1.90. The van der Waals surface area contributed by atoms with Gasteiger partial charge >= 0.3 is 0 Å². The van der Waals surface area contributed by atoms with Gasteiger partial charge in [0.15, 0.2) is 0 Å². The molecular formula is C28H27NO5. The standard InChI is InChI=1S/C28H27NO5/c1-17(2)34-23-10-6-8-20(16-23)26(30)24-25(19-11-13-22(33-4)14-12-19)29(28(32)27(24)31)21-9-5-7-18(3)15-21/h5-17,25,30H,1-4H3/b26-24+. The van der Waals surface area contributed by atoms with E-state index in [-0.39, 0.29) is 17.4 Å². The van der Waals surface area contributed by atoms with Crippen LogP contribution in [0.5, 0.6) is 11.5 Å². The second-order valence-corrected chi connectivity index (χ2v) is 8.48. The molecular weight excluding hydrogens is 430 g/mol. The van der Waals surface area contributed by atoms with E-state index in [0.717, 1.165) is 5.56 Å². The Hall–Kier alpha value is -4.06. The molecule has 1 amide bonds. The van der Waals surface area contributed by atoms with Crippen molar-refractivity contribution < 1.29 is 24.2 Å². The summed E-state index contributed by atoms with van der Waals surface area (Å²) in [4.78, 5) is 28.0. The number of hydrogen-bond donors (Lipinski definition) is 1. The number of methoxy groups -OCH3 is 1. The van der Waals surface area contributed by atoms with E-state index in [4.69, 9.17) is 9.47 Å². The number of Topliss-reactive ketones (excluding diaryl/α,β-unsaturated/α-hetero) is 1. The third-order valence-corrected chi connectivity index (χ3v) is 5.64. The van der Waals surface area contributed by atoms with Crippen molar-refractivity contribution >= 4 is 23.1 Å². The minimum Gasteiger partial charge on any atom is -0.507 e. The van der Waals surface area contributed by atoms with E-state index in [9.17, 15) is 14.7 Å². The highest BCUT2D eigenvalue weighted by Crippen LogP contribution is 2.42. The number of amides is 1. The number of nitrogens with zero attached hydrogens (tertiary/aromatic N) is 1. The first-order chi connectivity index (χ1) is 16.3. The Morgan fingerprint density at radius 3 is 2.29 bits per heavy atom. The van der Waals surface area contributed by atoms with Crippen LogP contribution in [0.3, 0.4) is 0 Å². The van der Waals surface area contributed by atoms with Crippen LogP contribution < -0.4 is 14.4 Å². The van der Waals surface area contributed by atoms with Crippen LogP contribution in [0.15, 0.2) is 78.4 Å². The molecule has 1 heterocycles. The van der Waals surface area contributed by atoms with Gasteiger partial charge in [0.1, 0.15) is 17.3 Å². The SMILES string of the molecule is COc1ccc(C2/C(=C(\O)c3cccc(OC(C)C)c3)C(=O)C(=O)N2c2cccc(C)c2)cc1. The number of carbonyl (C=O) groups excluding carboxylic acids is 2. The van der Waals surface area contributed by atoms with Gasteiger partial charge in [0, 0.05) is 11.3 Å². The molecule has 0 spiro atoms. The first kappa shape index (κ1) is 23.1. The molecule has 34 heavy (non-hydrogen) atoms. The maximum Gasteiger partial charge on any atom is 0.300 e. The maximum absolute atomic E-state index is 13.3. The Bertz CT molecular complexity index is 1260. The second kappa shape index (κ2) is 9.43. The van der Waals surface area contributed by atoms with Crippen molar-refractivity contribution in [2.24, 2.45) is 0 Å². The van der Waals surface area contributed by atoms with Crippen LogP contribution in [0.4, 0.5) is 5.69 Å². The number of aliphatic hydroxyl groups excluding tert-OH is 1. The quantitative estimate of drug-likeness (QED) is 0.304. The molecule has 4 rings (SSSR count). The molecule has 6 heteroatoms. The third kappa shape index (κ3) is 4.39. The van der Waals surface area contributed by atoms with E-state index < -0.39 is 17.7 Å². The third-order valence-electron chi connectivity index (χ3n) is 5.64. The summed E-state index contributed by atoms with van der Waals surface area (Å²) in [7, 11) is 1.57. The highest BCUT2D eigenvalue weighted by Gasteiger charge is 2.47. The maximum atomic E-state index is 13.3. The lowest BCUT2D eigenvalue weighted by Crippen LogP contribution is -2.29. The summed E-state index contributed by atoms with van der Waals surface area (Å²) in [5.41, 5.74) is 2.64. The van der Waals surface area contributed by atoms with Crippen molar-refractivity contribution in [2.45, 2.75) is 32.9 Å². The van der Waals surface area contributed by atoms with Gasteiger partial charge in [-0.3, -0.25) is 14.5 Å². The Morgan fingerprint density at radius 2 is 1.65 bits per heavy atom. The zero-order chi connectivity index (χ0) is 24.4. The summed E-state index contributed by atoms with van der Waals surface area (Å²) in [5, 5.41) is 11.3. The molecule has 1 fully saturated rings. The van der Waals surface area contributed by atoms with Crippen molar-refractivity contribution in [1.29, 1.82) is 0 Å². The molecule has 1 saturated heterocycles. The number of ether oxygens (including phenoxy) is 2. The predicted molar refractivity (Wildman–Crippen MR) is 131 cm³/mol. The van der Waals surface area contributed by atoms with Gasteiger partial charge in [0.2, 0.25) is 0 Å². The van der Waals surface area contributed by atoms with Crippen molar-refractivity contribution in [3.63, 3.8) is 0 Å². The number of aryl methyl sites for hydroxylation is 1. The molecule has 3 aromatic rings. The van der Waals surface area contributed by atoms with E-state index >= 15 is 0 Å². The lowest BCUT2D eigenvalue weighted by Gasteiger charge is -2.26. The summed E-state index contributed by atoms with van der Waals surface area (Å²) in [6, 6.07) is 20.6. The lowest BCUT2D eigenvalue weighted by molar-refractivity contribution is -0.132. The van der Waals surface area contributed by atoms with Crippen LogP contribution >= 0.6 is 0 Å². The molecule has 1 N–H and O–H groups in total. The van der Waals surface area contributed by atoms with E-state index in [0.29, 0.717) is 28.3 Å². The van der Waals surface area contributed by atoms with Gasteiger partial charge in [0.25, 0.3) is 11.7 Å². The van der Waals surface area contributed by atoms with Gasteiger partial charge in [-0.1, -0.05) is 36.4 Å². The largest absolute Gasteiger partial charge is 0.507 e. The Morgan fingerprint density at radius 1 is 0.941 bits per heavy atom. The predicted octanol–water partition coefficient (Wildman–Crippen LogP) is 5.42. The van der Waals surface area contributed by atoms with E-state index in [1.54, 1.807) is 61.7 Å². The Labute approximate surface area is 199 Å². The number of benzene rings is 3. The van der Waals surface area contributed by atoms with Gasteiger partial charge in [-0.05, 0) is 68.3 Å². The molecule has 3 aromatic carbocycles. The first-order valence-electron chi connectivity index (χ1n) is 11.1. The molecule has 0 bridgehead atoms. The summed E-state index contributed by atoms with van der Waals surface area (Å²) in [6.07, 6.45) is -0.0522. The summed E-state index contributed by atoms with van der Waals surface area (Å²) >= 11 is 0. The zero-order valence-electron chi connectivity index (χ0n) is 19.6. The summed E-state index contributed by atoms with van der Waals surface area (Å²) in [6.45, 7) is 5.73. The van der Waals surface area contributed by atoms with Crippen molar-refractivity contribution in [2.75, 3.05) is 12.0 Å². The van der Waals surface area contributed by atoms with E-state index in [2.05, 4.69) is 0 Å². The van der Waals surface area contributed by atoms with E-state index in [1.807, 2.05) is 39.0 Å². The summed E-state index contributed by atoms with van der Waals surface area (Å²) in [5.74, 6) is -0.469. The van der Waals surface area contributed by atoms with Gasteiger partial charge in [-0.25, -0.2) is 0 Å². The number of ketones is 1. The topological polar surface area (TPSA) is 76.1 Å². The number of rotatable bonds is 6. The molecule has 0 aliphatic carbocycles. The molecule has 1 unspecified atom stereocenters. The lowest BCUT2D eigenvalue weighted by atomic mass is 9.95. The average molecular weight is 458 g/mol. The van der Waals surface area contributed by atoms with Crippen molar-refractivity contribution in [1.82, 2.24) is 0 Å². The van der Waals surface area contributed by atoms with Crippen LogP contribution in [-0.4, -0.2) is 30.0 Å². The smallest absolute Gasteiger partial charge is 0.300 e. The molecule has 0 radical (unpaired) electrons. The normalized spacial score (nSPS) is 17.3. The van der Waals surface area contributed by atoms with Gasteiger partial charge in [0.05, 0.1) is 24.8 Å². The van der Waals surface area contributed by atoms with Gasteiger partial charge in [-0.15, -0.1) is 0 Å². The fourth-order valence-corrected chi connectivity index (χ4v) is 4.12. The number of hydrogen-bond acceptors (Lipinski definition) is 5. The van der Waals surface area contributed by atoms with E-state index in [1.165, 1.54) is 4.90 Å². The first-order valence-corrected chi connectivity index (χ1v) is 11.1. The van der Waals surface area contributed by atoms with Crippen molar-refractivity contribution in [3.8, 4) is 11.5 Å². The molecule has 0 saturated carbocycles. The summed E-state index contributed by atoms with van der Waals surface area (Å²) < 4.78 is 11.0. The molecule has 6 nitrogen and oxygen atoms in total. The molecule has 0 aromatic heterocycles. The highest BCUT2D eigenvalue weighted by molar-refractivity contribution is 6.51. The van der Waals surface area contributed by atoms with Crippen LogP contribution in [0.2, 0.25) is 0 Å². The highest BCUT2D eigenvalue weighted by atomic mass is 16.5. The molecule has 1 aliphatic heterocycles. The fraction of sp³-hybridized carbons (Fsp3) is 0.214. The van der Waals surface area contributed by atoms with Crippen LogP contribution in [0, 0.1) is 6.92 Å². The fourth-order valence-electron chi connectivity index (χ4n) is 4.12. The number of anilines is 1. The van der Waals surface area contributed by atoms with Crippen LogP contribution in [0.25, 0.3) is 5.76 Å². The van der Waals surface area contributed by atoms with Crippen molar-refractivity contribution in [3.05, 3.63) is 95.1 Å².